The first-order valence-electron chi connectivity index (χ1n) is 6.03. The lowest BCUT2D eigenvalue weighted by Gasteiger charge is -2.22. The highest BCUT2D eigenvalue weighted by Crippen LogP contribution is 2.24. The molecule has 2 N–H and O–H groups in total. The number of nitro benzene ring substituents is 1. The van der Waals surface area contributed by atoms with E-state index in [9.17, 15) is 19.7 Å². The molecule has 0 saturated carbocycles. The minimum Gasteiger partial charge on any atom is -0.478 e. The summed E-state index contributed by atoms with van der Waals surface area (Å²) < 4.78 is 5.10. The van der Waals surface area contributed by atoms with Crippen molar-refractivity contribution in [3.8, 4) is 0 Å². The van der Waals surface area contributed by atoms with Crippen LogP contribution in [-0.4, -0.2) is 34.6 Å². The summed E-state index contributed by atoms with van der Waals surface area (Å²) in [5, 5.41) is 22.1. The Morgan fingerprint density at radius 1 is 1.43 bits per heavy atom. The van der Waals surface area contributed by atoms with Crippen LogP contribution in [0.25, 0.3) is 0 Å². The Hall–Kier alpha value is -2.48. The molecular formula is C13H16N2O6. The van der Waals surface area contributed by atoms with Crippen molar-refractivity contribution in [3.05, 3.63) is 33.9 Å². The molecule has 114 valence electrons. The van der Waals surface area contributed by atoms with Crippen LogP contribution >= 0.6 is 0 Å². The van der Waals surface area contributed by atoms with Crippen LogP contribution in [0.15, 0.2) is 18.2 Å². The maximum Gasteiger partial charge on any atom is 0.337 e. The number of hydrogen-bond donors (Lipinski definition) is 2. The van der Waals surface area contributed by atoms with E-state index in [1.165, 1.54) is 7.11 Å². The van der Waals surface area contributed by atoms with Crippen molar-refractivity contribution in [1.29, 1.82) is 0 Å². The molecule has 0 saturated heterocycles. The van der Waals surface area contributed by atoms with Gasteiger partial charge in [-0.05, 0) is 19.9 Å². The molecule has 0 aliphatic rings. The van der Waals surface area contributed by atoms with Crippen LogP contribution in [0, 0.1) is 10.1 Å². The standard InChI is InChI=1S/C13H16N2O6/c1-13(2,21-3)7-11(16)14-10-6-8(15(19)20)4-5-9(10)12(17)18/h4-6H,7H2,1-3H3,(H,14,16)(H,17,18). The predicted octanol–water partition coefficient (Wildman–Crippen LogP) is 2.05. The molecule has 8 heteroatoms. The van der Waals surface area contributed by atoms with Gasteiger partial charge in [0.05, 0.1) is 28.2 Å². The lowest BCUT2D eigenvalue weighted by molar-refractivity contribution is -0.384. The number of hydrogen-bond acceptors (Lipinski definition) is 5. The molecule has 1 amide bonds. The second-order valence-corrected chi connectivity index (χ2v) is 4.98. The Bertz CT molecular complexity index is 582. The number of rotatable bonds is 6. The van der Waals surface area contributed by atoms with E-state index in [-0.39, 0.29) is 23.4 Å². The van der Waals surface area contributed by atoms with Gasteiger partial charge in [-0.2, -0.15) is 0 Å². The molecule has 21 heavy (non-hydrogen) atoms. The third kappa shape index (κ3) is 4.53. The van der Waals surface area contributed by atoms with Crippen LogP contribution < -0.4 is 5.32 Å². The minimum absolute atomic E-state index is 0.0226. The topological polar surface area (TPSA) is 119 Å². The maximum absolute atomic E-state index is 11.9. The van der Waals surface area contributed by atoms with Gasteiger partial charge in [-0.15, -0.1) is 0 Å². The number of ether oxygens (including phenoxy) is 1. The molecule has 0 radical (unpaired) electrons. The number of carboxylic acids is 1. The molecule has 0 aromatic heterocycles. The van der Waals surface area contributed by atoms with Crippen LogP contribution in [0.3, 0.4) is 0 Å². The highest BCUT2D eigenvalue weighted by atomic mass is 16.6. The van der Waals surface area contributed by atoms with Gasteiger partial charge in [-0.3, -0.25) is 14.9 Å². The number of anilines is 1. The smallest absolute Gasteiger partial charge is 0.337 e. The third-order valence-electron chi connectivity index (χ3n) is 2.86. The summed E-state index contributed by atoms with van der Waals surface area (Å²) in [5.74, 6) is -1.78. The first-order chi connectivity index (χ1) is 9.66. The molecule has 0 spiro atoms. The third-order valence-corrected chi connectivity index (χ3v) is 2.86. The zero-order valence-corrected chi connectivity index (χ0v) is 11.9. The zero-order chi connectivity index (χ0) is 16.2. The monoisotopic (exact) mass is 296 g/mol. The number of carboxylic acid groups (broad SMARTS) is 1. The number of nitro groups is 1. The Balaban J connectivity index is 3.05. The first kappa shape index (κ1) is 16.6. The van der Waals surface area contributed by atoms with Crippen molar-refractivity contribution >= 4 is 23.3 Å². The van der Waals surface area contributed by atoms with Gasteiger partial charge in [0.2, 0.25) is 5.91 Å². The number of amides is 1. The zero-order valence-electron chi connectivity index (χ0n) is 11.9. The molecule has 0 fully saturated rings. The number of non-ortho nitro benzene ring substituents is 1. The van der Waals surface area contributed by atoms with Gasteiger partial charge in [-0.1, -0.05) is 0 Å². The van der Waals surface area contributed by atoms with E-state index in [1.807, 2.05) is 0 Å². The van der Waals surface area contributed by atoms with Crippen LogP contribution in [0.4, 0.5) is 11.4 Å². The van der Waals surface area contributed by atoms with Crippen molar-refractivity contribution in [2.75, 3.05) is 12.4 Å². The molecular weight excluding hydrogens is 280 g/mol. The summed E-state index contributed by atoms with van der Waals surface area (Å²) in [4.78, 5) is 33.0. The van der Waals surface area contributed by atoms with Crippen LogP contribution in [0.1, 0.15) is 30.6 Å². The molecule has 0 bridgehead atoms. The Kier molecular flexibility index (Phi) is 4.98. The summed E-state index contributed by atoms with van der Waals surface area (Å²) in [6, 6.07) is 3.16. The van der Waals surface area contributed by atoms with Crippen molar-refractivity contribution in [3.63, 3.8) is 0 Å². The van der Waals surface area contributed by atoms with Gasteiger partial charge < -0.3 is 15.2 Å². The van der Waals surface area contributed by atoms with Gasteiger partial charge in [0.1, 0.15) is 0 Å². The second-order valence-electron chi connectivity index (χ2n) is 4.98. The van der Waals surface area contributed by atoms with Crippen molar-refractivity contribution in [2.24, 2.45) is 0 Å². The first-order valence-corrected chi connectivity index (χ1v) is 6.03. The summed E-state index contributed by atoms with van der Waals surface area (Å²) in [6.45, 7) is 3.39. The van der Waals surface area contributed by atoms with Gasteiger partial charge >= 0.3 is 5.97 Å². The lowest BCUT2D eigenvalue weighted by Crippen LogP contribution is -2.29. The highest BCUT2D eigenvalue weighted by molar-refractivity contribution is 6.01. The Labute approximate surface area is 120 Å². The van der Waals surface area contributed by atoms with E-state index in [0.29, 0.717) is 0 Å². The van der Waals surface area contributed by atoms with E-state index in [1.54, 1.807) is 13.8 Å². The van der Waals surface area contributed by atoms with Crippen LogP contribution in [0.2, 0.25) is 0 Å². The molecule has 1 aromatic carbocycles. The summed E-state index contributed by atoms with van der Waals surface area (Å²) >= 11 is 0. The Morgan fingerprint density at radius 2 is 2.05 bits per heavy atom. The van der Waals surface area contributed by atoms with Gasteiger partial charge in [0.15, 0.2) is 0 Å². The summed E-state index contributed by atoms with van der Waals surface area (Å²) in [5.41, 5.74) is -1.37. The van der Waals surface area contributed by atoms with Crippen LogP contribution in [-0.2, 0) is 9.53 Å². The number of carbonyl (C=O) groups is 2. The number of carbonyl (C=O) groups excluding carboxylic acids is 1. The van der Waals surface area contributed by atoms with E-state index in [2.05, 4.69) is 5.32 Å². The molecule has 0 aliphatic heterocycles. The fraction of sp³-hybridized carbons (Fsp3) is 0.385. The van der Waals surface area contributed by atoms with E-state index >= 15 is 0 Å². The van der Waals surface area contributed by atoms with Gasteiger partial charge in [-0.25, -0.2) is 4.79 Å². The highest BCUT2D eigenvalue weighted by Gasteiger charge is 2.23. The average Bonchev–Trinajstić information content (AvgIpc) is 2.37. The normalized spacial score (nSPS) is 11.0. The SMILES string of the molecule is COC(C)(C)CC(=O)Nc1cc([N+](=O)[O-])ccc1C(=O)O. The van der Waals surface area contributed by atoms with E-state index < -0.39 is 22.4 Å². The van der Waals surface area contributed by atoms with Crippen molar-refractivity contribution in [2.45, 2.75) is 25.9 Å². The number of methoxy groups -OCH3 is 1. The lowest BCUT2D eigenvalue weighted by atomic mass is 10.0. The van der Waals surface area contributed by atoms with Crippen molar-refractivity contribution in [1.82, 2.24) is 0 Å². The molecule has 0 unspecified atom stereocenters. The molecule has 0 aliphatic carbocycles. The molecule has 8 nitrogen and oxygen atoms in total. The number of aromatic carboxylic acids is 1. The molecule has 1 rings (SSSR count). The largest absolute Gasteiger partial charge is 0.478 e. The fourth-order valence-corrected chi connectivity index (χ4v) is 1.59. The second kappa shape index (κ2) is 6.31. The number of benzene rings is 1. The number of nitrogens with zero attached hydrogens (tertiary/aromatic N) is 1. The van der Waals surface area contributed by atoms with Gasteiger partial charge in [0.25, 0.3) is 5.69 Å². The summed E-state index contributed by atoms with van der Waals surface area (Å²) in [7, 11) is 1.45. The quantitative estimate of drug-likeness (QED) is 0.612. The molecule has 0 atom stereocenters. The van der Waals surface area contributed by atoms with Gasteiger partial charge in [0, 0.05) is 19.2 Å². The fourth-order valence-electron chi connectivity index (χ4n) is 1.59. The van der Waals surface area contributed by atoms with E-state index in [0.717, 1.165) is 18.2 Å². The van der Waals surface area contributed by atoms with Crippen molar-refractivity contribution < 1.29 is 24.4 Å². The molecule has 0 heterocycles. The summed E-state index contributed by atoms with van der Waals surface area (Å²) in [6.07, 6.45) is -0.0226. The predicted molar refractivity (Wildman–Crippen MR) is 74.4 cm³/mol. The Morgan fingerprint density at radius 3 is 2.52 bits per heavy atom. The average molecular weight is 296 g/mol. The van der Waals surface area contributed by atoms with Crippen LogP contribution in [0.5, 0.6) is 0 Å². The maximum atomic E-state index is 11.9. The van der Waals surface area contributed by atoms with E-state index in [4.69, 9.17) is 9.84 Å². The molecule has 1 aromatic rings. The minimum atomic E-state index is -1.29. The number of nitrogens with one attached hydrogen (secondary N) is 1.